The van der Waals surface area contributed by atoms with Crippen LogP contribution in [0.3, 0.4) is 0 Å². The number of aliphatic hydroxyl groups excluding tert-OH is 1. The van der Waals surface area contributed by atoms with Crippen molar-refractivity contribution in [2.24, 2.45) is 0 Å². The molecule has 4 nitrogen and oxygen atoms in total. The number of aromatic amines is 1. The molecule has 0 aliphatic carbocycles. The Balaban J connectivity index is 2.05. The number of aliphatic hydroxyl groups is 1. The van der Waals surface area contributed by atoms with Crippen molar-refractivity contribution in [2.75, 3.05) is 13.2 Å². The average Bonchev–Trinajstić information content (AvgIpc) is 2.90. The third-order valence-electron chi connectivity index (χ3n) is 4.32. The van der Waals surface area contributed by atoms with Crippen molar-refractivity contribution in [3.8, 4) is 0 Å². The van der Waals surface area contributed by atoms with Crippen molar-refractivity contribution in [1.82, 2.24) is 9.88 Å². The average molecular weight is 272 g/mol. The standard InChI is InChI=1S/C16H20N2O2/c1-11-15(9-18-8-4-5-12(18)10-19)13-6-2-3-7-14(13)16(20)17-11/h2-3,6-7,12,19H,4-5,8-10H2,1H3,(H,17,20)/t12-/m0/s1. The summed E-state index contributed by atoms with van der Waals surface area (Å²) >= 11 is 0. The number of rotatable bonds is 3. The van der Waals surface area contributed by atoms with Gasteiger partial charge in [-0.15, -0.1) is 0 Å². The van der Waals surface area contributed by atoms with E-state index in [4.69, 9.17) is 0 Å². The number of H-pyrrole nitrogens is 1. The fraction of sp³-hybridized carbons (Fsp3) is 0.438. The van der Waals surface area contributed by atoms with E-state index in [-0.39, 0.29) is 18.2 Å². The summed E-state index contributed by atoms with van der Waals surface area (Å²) in [7, 11) is 0. The highest BCUT2D eigenvalue weighted by Gasteiger charge is 2.24. The number of hydrogen-bond acceptors (Lipinski definition) is 3. The number of hydrogen-bond donors (Lipinski definition) is 2. The molecule has 0 saturated carbocycles. The number of nitrogens with zero attached hydrogens (tertiary/aromatic N) is 1. The van der Waals surface area contributed by atoms with Crippen molar-refractivity contribution >= 4 is 10.8 Å². The molecule has 1 aliphatic rings. The highest BCUT2D eigenvalue weighted by molar-refractivity contribution is 5.85. The predicted molar refractivity (Wildman–Crippen MR) is 79.8 cm³/mol. The molecule has 0 radical (unpaired) electrons. The van der Waals surface area contributed by atoms with Crippen molar-refractivity contribution in [3.63, 3.8) is 0 Å². The maximum absolute atomic E-state index is 12.0. The topological polar surface area (TPSA) is 56.3 Å². The fourth-order valence-corrected chi connectivity index (χ4v) is 3.18. The molecule has 1 aliphatic heterocycles. The lowest BCUT2D eigenvalue weighted by atomic mass is 10.0. The molecule has 0 spiro atoms. The lowest BCUT2D eigenvalue weighted by Crippen LogP contribution is -2.32. The molecular formula is C16H20N2O2. The van der Waals surface area contributed by atoms with Crippen molar-refractivity contribution in [2.45, 2.75) is 32.4 Å². The van der Waals surface area contributed by atoms with Gasteiger partial charge in [0.25, 0.3) is 5.56 Å². The number of likely N-dealkylation sites (tertiary alicyclic amines) is 1. The molecule has 0 bridgehead atoms. The second-order valence-corrected chi connectivity index (χ2v) is 5.55. The van der Waals surface area contributed by atoms with Crippen LogP contribution >= 0.6 is 0 Å². The third kappa shape index (κ3) is 2.25. The van der Waals surface area contributed by atoms with E-state index >= 15 is 0 Å². The van der Waals surface area contributed by atoms with Crippen LogP contribution in [0.2, 0.25) is 0 Å². The highest BCUT2D eigenvalue weighted by Crippen LogP contribution is 2.24. The Morgan fingerprint density at radius 2 is 2.10 bits per heavy atom. The summed E-state index contributed by atoms with van der Waals surface area (Å²) in [4.78, 5) is 17.3. The summed E-state index contributed by atoms with van der Waals surface area (Å²) in [5, 5.41) is 11.2. The lowest BCUT2D eigenvalue weighted by molar-refractivity contribution is 0.153. The van der Waals surface area contributed by atoms with Crippen LogP contribution in [0.1, 0.15) is 24.1 Å². The summed E-state index contributed by atoms with van der Waals surface area (Å²) in [5.74, 6) is 0. The monoisotopic (exact) mass is 272 g/mol. The SMILES string of the molecule is Cc1[nH]c(=O)c2ccccc2c1CN1CCC[C@H]1CO. The van der Waals surface area contributed by atoms with Crippen molar-refractivity contribution in [3.05, 3.63) is 45.9 Å². The predicted octanol–water partition coefficient (Wildman–Crippen LogP) is 1.79. The third-order valence-corrected chi connectivity index (χ3v) is 4.32. The summed E-state index contributed by atoms with van der Waals surface area (Å²) < 4.78 is 0. The van der Waals surface area contributed by atoms with Crippen LogP contribution in [0.5, 0.6) is 0 Å². The van der Waals surface area contributed by atoms with Crippen molar-refractivity contribution < 1.29 is 5.11 Å². The normalized spacial score (nSPS) is 19.8. The quantitative estimate of drug-likeness (QED) is 0.895. The first-order valence-corrected chi connectivity index (χ1v) is 7.16. The van der Waals surface area contributed by atoms with Gasteiger partial charge in [0.15, 0.2) is 0 Å². The minimum Gasteiger partial charge on any atom is -0.395 e. The van der Waals surface area contributed by atoms with Gasteiger partial charge in [0.1, 0.15) is 0 Å². The van der Waals surface area contributed by atoms with Crippen LogP contribution in [0.25, 0.3) is 10.8 Å². The lowest BCUT2D eigenvalue weighted by Gasteiger charge is -2.24. The number of aromatic nitrogens is 1. The van der Waals surface area contributed by atoms with Gasteiger partial charge >= 0.3 is 0 Å². The Morgan fingerprint density at radius 1 is 1.35 bits per heavy atom. The van der Waals surface area contributed by atoms with E-state index < -0.39 is 0 Å². The zero-order chi connectivity index (χ0) is 14.1. The molecule has 1 aromatic carbocycles. The Morgan fingerprint density at radius 3 is 2.85 bits per heavy atom. The van der Waals surface area contributed by atoms with E-state index in [1.165, 1.54) is 5.56 Å². The zero-order valence-corrected chi connectivity index (χ0v) is 11.7. The van der Waals surface area contributed by atoms with Crippen LogP contribution in [-0.2, 0) is 6.54 Å². The van der Waals surface area contributed by atoms with Crippen LogP contribution in [0.4, 0.5) is 0 Å². The Bertz CT molecular complexity index is 678. The molecule has 1 saturated heterocycles. The van der Waals surface area contributed by atoms with E-state index in [1.807, 2.05) is 31.2 Å². The molecule has 2 N–H and O–H groups in total. The first-order valence-electron chi connectivity index (χ1n) is 7.16. The Hall–Kier alpha value is -1.65. The second kappa shape index (κ2) is 5.38. The van der Waals surface area contributed by atoms with Gasteiger partial charge in [0.2, 0.25) is 0 Å². The van der Waals surface area contributed by atoms with Gasteiger partial charge < -0.3 is 10.1 Å². The summed E-state index contributed by atoms with van der Waals surface area (Å²) in [6.07, 6.45) is 2.18. The van der Waals surface area contributed by atoms with Gasteiger partial charge in [-0.2, -0.15) is 0 Å². The number of fused-ring (bicyclic) bond motifs is 1. The van der Waals surface area contributed by atoms with Crippen LogP contribution in [0, 0.1) is 6.92 Å². The molecule has 3 rings (SSSR count). The van der Waals surface area contributed by atoms with E-state index in [1.54, 1.807) is 0 Å². The maximum Gasteiger partial charge on any atom is 0.256 e. The van der Waals surface area contributed by atoms with Crippen LogP contribution in [0.15, 0.2) is 29.1 Å². The molecule has 20 heavy (non-hydrogen) atoms. The van der Waals surface area contributed by atoms with Crippen LogP contribution in [-0.4, -0.2) is 34.2 Å². The number of benzene rings is 1. The van der Waals surface area contributed by atoms with Gasteiger partial charge in [-0.25, -0.2) is 0 Å². The molecule has 1 fully saturated rings. The van der Waals surface area contributed by atoms with Gasteiger partial charge in [-0.05, 0) is 43.3 Å². The van der Waals surface area contributed by atoms with Gasteiger partial charge in [-0.3, -0.25) is 9.69 Å². The second-order valence-electron chi connectivity index (χ2n) is 5.55. The van der Waals surface area contributed by atoms with Gasteiger partial charge in [0, 0.05) is 23.7 Å². The van der Waals surface area contributed by atoms with Gasteiger partial charge in [-0.1, -0.05) is 18.2 Å². The Kier molecular flexibility index (Phi) is 3.59. The van der Waals surface area contributed by atoms with E-state index in [0.717, 1.165) is 42.4 Å². The molecule has 2 aromatic rings. The van der Waals surface area contributed by atoms with Crippen LogP contribution < -0.4 is 5.56 Å². The van der Waals surface area contributed by atoms with E-state index in [2.05, 4.69) is 9.88 Å². The molecule has 1 atom stereocenters. The summed E-state index contributed by atoms with van der Waals surface area (Å²) in [5.41, 5.74) is 2.07. The largest absolute Gasteiger partial charge is 0.395 e. The summed E-state index contributed by atoms with van der Waals surface area (Å²) in [6, 6.07) is 7.99. The molecule has 0 amide bonds. The maximum atomic E-state index is 12.0. The molecule has 2 heterocycles. The molecule has 106 valence electrons. The molecular weight excluding hydrogens is 252 g/mol. The number of nitrogens with one attached hydrogen (secondary N) is 1. The van der Waals surface area contributed by atoms with Crippen molar-refractivity contribution in [1.29, 1.82) is 0 Å². The van der Waals surface area contributed by atoms with E-state index in [0.29, 0.717) is 0 Å². The number of pyridine rings is 1. The minimum atomic E-state index is -0.0259. The van der Waals surface area contributed by atoms with Gasteiger partial charge in [0.05, 0.1) is 6.61 Å². The molecule has 4 heteroatoms. The number of aryl methyl sites for hydroxylation is 1. The molecule has 1 aromatic heterocycles. The first kappa shape index (κ1) is 13.3. The Labute approximate surface area is 118 Å². The highest BCUT2D eigenvalue weighted by atomic mass is 16.3. The van der Waals surface area contributed by atoms with E-state index in [9.17, 15) is 9.90 Å². The smallest absolute Gasteiger partial charge is 0.256 e. The zero-order valence-electron chi connectivity index (χ0n) is 11.7. The first-order chi connectivity index (χ1) is 9.70. The summed E-state index contributed by atoms with van der Waals surface area (Å²) in [6.45, 7) is 3.96. The minimum absolute atomic E-state index is 0.0259. The molecule has 0 unspecified atom stereocenters. The fourth-order valence-electron chi connectivity index (χ4n) is 3.18.